The Morgan fingerprint density at radius 3 is 3.00 bits per heavy atom. The number of hydrogen-bond acceptors (Lipinski definition) is 4. The number of nitrogens with zero attached hydrogens (tertiary/aromatic N) is 1. The van der Waals surface area contributed by atoms with Crippen LogP contribution in [-0.2, 0) is 0 Å². The summed E-state index contributed by atoms with van der Waals surface area (Å²) in [7, 11) is 1.57. The van der Waals surface area contributed by atoms with E-state index in [-0.39, 0.29) is 0 Å². The smallest absolute Gasteiger partial charge is 0.256 e. The maximum Gasteiger partial charge on any atom is 0.256 e. The number of fused-ring (bicyclic) bond motifs is 1. The number of nitrogens with one attached hydrogen (secondary N) is 1. The molecule has 0 bridgehead atoms. The minimum absolute atomic E-state index is 0.536. The Bertz CT molecular complexity index is 361. The molecule has 1 aliphatic carbocycles. The topological polar surface area (TPSA) is 43.4 Å². The van der Waals surface area contributed by atoms with Gasteiger partial charge in [0, 0.05) is 12.2 Å². The van der Waals surface area contributed by atoms with Gasteiger partial charge in [0.2, 0.25) is 0 Å². The molecule has 0 radical (unpaired) electrons. The van der Waals surface area contributed by atoms with Gasteiger partial charge in [-0.15, -0.1) is 0 Å². The second-order valence-electron chi connectivity index (χ2n) is 4.64. The lowest BCUT2D eigenvalue weighted by molar-refractivity contribution is 0.304. The highest BCUT2D eigenvalue weighted by atomic mass is 16.5. The molecule has 1 aromatic heterocycles. The van der Waals surface area contributed by atoms with Crippen LogP contribution in [0.1, 0.15) is 26.2 Å². The summed E-state index contributed by atoms with van der Waals surface area (Å²) in [4.78, 5) is 3.97. The highest BCUT2D eigenvalue weighted by molar-refractivity contribution is 5.32. The molecule has 1 aliphatic heterocycles. The predicted molar refractivity (Wildman–Crippen MR) is 71.1 cm³/mol. The molecule has 2 heterocycles. The van der Waals surface area contributed by atoms with Crippen LogP contribution >= 0.6 is 0 Å². The Balaban J connectivity index is 0.000000146. The molecule has 2 atom stereocenters. The van der Waals surface area contributed by atoms with Gasteiger partial charge in [-0.3, -0.25) is 0 Å². The number of pyridine rings is 1. The quantitative estimate of drug-likeness (QED) is 0.893. The van der Waals surface area contributed by atoms with Crippen LogP contribution in [0.25, 0.3) is 0 Å². The fourth-order valence-corrected chi connectivity index (χ4v) is 2.26. The number of rotatable bonds is 3. The molecular weight excluding hydrogens is 228 g/mol. The molecular formula is C14H22N2O2. The molecule has 2 fully saturated rings. The van der Waals surface area contributed by atoms with Crippen LogP contribution in [0.2, 0.25) is 0 Å². The SMILES string of the molecule is C1CNC2CC2C1.CCOc1cccnc1OC. The number of hydrogen-bond donors (Lipinski definition) is 1. The molecule has 1 N–H and O–H groups in total. The normalized spacial score (nSPS) is 24.3. The average molecular weight is 250 g/mol. The first-order chi connectivity index (χ1) is 8.85. The highest BCUT2D eigenvalue weighted by Crippen LogP contribution is 2.36. The van der Waals surface area contributed by atoms with E-state index in [0.29, 0.717) is 18.2 Å². The van der Waals surface area contributed by atoms with E-state index in [0.717, 1.165) is 12.0 Å². The van der Waals surface area contributed by atoms with E-state index in [9.17, 15) is 0 Å². The summed E-state index contributed by atoms with van der Waals surface area (Å²) in [5.74, 6) is 2.32. The molecule has 0 spiro atoms. The fraction of sp³-hybridized carbons (Fsp3) is 0.643. The van der Waals surface area contributed by atoms with Crippen molar-refractivity contribution in [3.05, 3.63) is 18.3 Å². The van der Waals surface area contributed by atoms with Gasteiger partial charge in [0.15, 0.2) is 5.75 Å². The first-order valence-corrected chi connectivity index (χ1v) is 6.70. The zero-order valence-corrected chi connectivity index (χ0v) is 11.2. The van der Waals surface area contributed by atoms with E-state index in [1.165, 1.54) is 25.8 Å². The van der Waals surface area contributed by atoms with Gasteiger partial charge in [-0.2, -0.15) is 0 Å². The minimum atomic E-state index is 0.536. The van der Waals surface area contributed by atoms with Crippen LogP contribution < -0.4 is 14.8 Å². The number of ether oxygens (including phenoxy) is 2. The van der Waals surface area contributed by atoms with Crippen molar-refractivity contribution in [1.82, 2.24) is 10.3 Å². The van der Waals surface area contributed by atoms with Crippen molar-refractivity contribution in [1.29, 1.82) is 0 Å². The Hall–Kier alpha value is -1.29. The lowest BCUT2D eigenvalue weighted by atomic mass is 10.2. The van der Waals surface area contributed by atoms with E-state index in [4.69, 9.17) is 9.47 Å². The monoisotopic (exact) mass is 250 g/mol. The van der Waals surface area contributed by atoms with Crippen LogP contribution in [0.15, 0.2) is 18.3 Å². The third-order valence-electron chi connectivity index (χ3n) is 3.31. The van der Waals surface area contributed by atoms with Gasteiger partial charge in [0.05, 0.1) is 13.7 Å². The van der Waals surface area contributed by atoms with Gasteiger partial charge in [-0.05, 0) is 50.8 Å². The van der Waals surface area contributed by atoms with Gasteiger partial charge >= 0.3 is 0 Å². The van der Waals surface area contributed by atoms with Crippen LogP contribution in [0.5, 0.6) is 11.6 Å². The molecule has 4 heteroatoms. The molecule has 0 aromatic carbocycles. The minimum Gasteiger partial charge on any atom is -0.488 e. The van der Waals surface area contributed by atoms with Crippen molar-refractivity contribution in [3.63, 3.8) is 0 Å². The van der Waals surface area contributed by atoms with Gasteiger partial charge in [0.1, 0.15) is 0 Å². The number of piperidine rings is 1. The molecule has 2 unspecified atom stereocenters. The number of methoxy groups -OCH3 is 1. The molecule has 1 aromatic rings. The molecule has 0 amide bonds. The second-order valence-corrected chi connectivity index (χ2v) is 4.64. The third-order valence-corrected chi connectivity index (χ3v) is 3.31. The maximum atomic E-state index is 5.24. The zero-order chi connectivity index (χ0) is 12.8. The largest absolute Gasteiger partial charge is 0.488 e. The van der Waals surface area contributed by atoms with Gasteiger partial charge in [-0.25, -0.2) is 4.98 Å². The van der Waals surface area contributed by atoms with Crippen molar-refractivity contribution >= 4 is 0 Å². The summed E-state index contributed by atoms with van der Waals surface area (Å²) < 4.78 is 10.2. The van der Waals surface area contributed by atoms with E-state index >= 15 is 0 Å². The molecule has 4 nitrogen and oxygen atoms in total. The molecule has 1 saturated heterocycles. The lowest BCUT2D eigenvalue weighted by Crippen LogP contribution is -2.23. The summed E-state index contributed by atoms with van der Waals surface area (Å²) in [6.07, 6.45) is 6.06. The molecule has 2 aliphatic rings. The average Bonchev–Trinajstić information content (AvgIpc) is 3.20. The van der Waals surface area contributed by atoms with Crippen molar-refractivity contribution in [2.75, 3.05) is 20.3 Å². The molecule has 3 rings (SSSR count). The highest BCUT2D eigenvalue weighted by Gasteiger charge is 2.37. The zero-order valence-electron chi connectivity index (χ0n) is 11.2. The summed E-state index contributed by atoms with van der Waals surface area (Å²) in [6.45, 7) is 3.83. The Kier molecular flexibility index (Phi) is 4.81. The second kappa shape index (κ2) is 6.59. The predicted octanol–water partition coefficient (Wildman–Crippen LogP) is 2.25. The summed E-state index contributed by atoms with van der Waals surface area (Å²) in [5, 5.41) is 3.46. The van der Waals surface area contributed by atoms with Crippen LogP contribution in [0, 0.1) is 5.92 Å². The third kappa shape index (κ3) is 3.60. The van der Waals surface area contributed by atoms with Crippen molar-refractivity contribution in [3.8, 4) is 11.6 Å². The van der Waals surface area contributed by atoms with Crippen LogP contribution in [0.4, 0.5) is 0 Å². The van der Waals surface area contributed by atoms with Crippen molar-refractivity contribution in [2.45, 2.75) is 32.2 Å². The summed E-state index contributed by atoms with van der Waals surface area (Å²) in [5.41, 5.74) is 0. The van der Waals surface area contributed by atoms with Crippen molar-refractivity contribution < 1.29 is 9.47 Å². The molecule has 1 saturated carbocycles. The molecule has 18 heavy (non-hydrogen) atoms. The number of aromatic nitrogens is 1. The first kappa shape index (κ1) is 13.1. The summed E-state index contributed by atoms with van der Waals surface area (Å²) >= 11 is 0. The van der Waals surface area contributed by atoms with E-state index in [1.807, 2.05) is 19.1 Å². The van der Waals surface area contributed by atoms with Crippen molar-refractivity contribution in [2.24, 2.45) is 5.92 Å². The lowest BCUT2D eigenvalue weighted by Gasteiger charge is -2.08. The molecule has 100 valence electrons. The van der Waals surface area contributed by atoms with Crippen LogP contribution in [0.3, 0.4) is 0 Å². The Labute approximate surface area is 109 Å². The Morgan fingerprint density at radius 2 is 2.39 bits per heavy atom. The maximum absolute atomic E-state index is 5.24. The first-order valence-electron chi connectivity index (χ1n) is 6.70. The van der Waals surface area contributed by atoms with Gasteiger partial charge in [-0.1, -0.05) is 0 Å². The standard InChI is InChI=1S/C8H11NO2.C6H11N/c1-3-11-7-5-4-6-9-8(7)10-2;1-2-5-4-6(5)7-3-1/h4-6H,3H2,1-2H3;5-7H,1-4H2. The van der Waals surface area contributed by atoms with E-state index < -0.39 is 0 Å². The fourth-order valence-electron chi connectivity index (χ4n) is 2.26. The van der Waals surface area contributed by atoms with Gasteiger partial charge < -0.3 is 14.8 Å². The van der Waals surface area contributed by atoms with E-state index in [2.05, 4.69) is 10.3 Å². The summed E-state index contributed by atoms with van der Waals surface area (Å²) in [6, 6.07) is 4.59. The van der Waals surface area contributed by atoms with E-state index in [1.54, 1.807) is 13.3 Å². The Morgan fingerprint density at radius 1 is 1.50 bits per heavy atom. The van der Waals surface area contributed by atoms with Crippen LogP contribution in [-0.4, -0.2) is 31.3 Å². The van der Waals surface area contributed by atoms with Gasteiger partial charge in [0.25, 0.3) is 5.88 Å².